The molecular formula is C31H54N6O10SSi. The van der Waals surface area contributed by atoms with Crippen molar-refractivity contribution in [1.82, 2.24) is 20.9 Å². The van der Waals surface area contributed by atoms with Crippen LogP contribution in [0.2, 0.25) is 25.7 Å². The molecule has 278 valence electrons. The molecule has 0 bridgehead atoms. The van der Waals surface area contributed by atoms with Gasteiger partial charge in [-0.1, -0.05) is 24.8 Å². The van der Waals surface area contributed by atoms with Crippen LogP contribution in [0.4, 0.5) is 9.93 Å². The van der Waals surface area contributed by atoms with Crippen LogP contribution in [0.5, 0.6) is 0 Å². The van der Waals surface area contributed by atoms with E-state index in [0.29, 0.717) is 6.61 Å². The van der Waals surface area contributed by atoms with Gasteiger partial charge in [-0.15, -0.1) is 11.3 Å². The maximum Gasteiger partial charge on any atom is 0.413 e. The number of nitrogens with zero attached hydrogens (tertiary/aromatic N) is 2. The molecule has 0 spiro atoms. The highest BCUT2D eigenvalue weighted by Gasteiger charge is 2.41. The van der Waals surface area contributed by atoms with Crippen LogP contribution in [0, 0.1) is 0 Å². The second kappa shape index (κ2) is 17.7. The Kier molecular flexibility index (Phi) is 15.1. The van der Waals surface area contributed by atoms with Crippen LogP contribution in [-0.4, -0.2) is 116 Å². The number of carbonyl (C=O) groups is 4. The average Bonchev–Trinajstić information content (AvgIpc) is 3.38. The Morgan fingerprint density at radius 1 is 1.06 bits per heavy atom. The summed E-state index contributed by atoms with van der Waals surface area (Å²) in [6.07, 6.45) is -1.57. The van der Waals surface area contributed by atoms with Crippen molar-refractivity contribution in [3.8, 4) is 0 Å². The molecule has 3 atom stereocenters. The number of oxime groups is 1. The smallest absolute Gasteiger partial charge is 0.413 e. The number of aromatic nitrogens is 1. The fourth-order valence-corrected chi connectivity index (χ4v) is 5.20. The number of aliphatic hydroxyl groups is 1. The van der Waals surface area contributed by atoms with Crippen LogP contribution >= 0.6 is 11.3 Å². The number of hydrogen-bond acceptors (Lipinski definition) is 14. The van der Waals surface area contributed by atoms with Gasteiger partial charge in [0.15, 0.2) is 10.8 Å². The first-order valence-corrected chi connectivity index (χ1v) is 20.7. The van der Waals surface area contributed by atoms with E-state index in [0.717, 1.165) is 17.4 Å². The number of ether oxygens (including phenoxy) is 4. The minimum Gasteiger partial charge on any atom is -0.457 e. The number of hydrogen-bond donors (Lipinski definition) is 5. The molecule has 1 aliphatic rings. The van der Waals surface area contributed by atoms with Gasteiger partial charge in [-0.05, 0) is 61.4 Å². The van der Waals surface area contributed by atoms with Crippen LogP contribution in [-0.2, 0) is 38.2 Å². The van der Waals surface area contributed by atoms with Gasteiger partial charge in [0.2, 0.25) is 11.5 Å². The predicted molar refractivity (Wildman–Crippen MR) is 187 cm³/mol. The van der Waals surface area contributed by atoms with E-state index in [1.165, 1.54) is 19.2 Å². The lowest BCUT2D eigenvalue weighted by Gasteiger charge is -2.37. The van der Waals surface area contributed by atoms with E-state index < -0.39 is 66.9 Å². The largest absolute Gasteiger partial charge is 0.457 e. The quantitative estimate of drug-likeness (QED) is 0.0281. The Hall–Kier alpha value is -3.16. The summed E-state index contributed by atoms with van der Waals surface area (Å²) in [5.74, 6) is -1.97. The van der Waals surface area contributed by atoms with Gasteiger partial charge in [0.1, 0.15) is 29.7 Å². The lowest BCUT2D eigenvalue weighted by Crippen LogP contribution is -2.72. The van der Waals surface area contributed by atoms with E-state index in [1.807, 2.05) is 0 Å². The summed E-state index contributed by atoms with van der Waals surface area (Å²) in [7, 11) is -1.19. The van der Waals surface area contributed by atoms with Crippen molar-refractivity contribution < 1.29 is 48.1 Å². The molecule has 5 N–H and O–H groups in total. The molecule has 0 aliphatic carbocycles. The Morgan fingerprint density at radius 3 is 2.31 bits per heavy atom. The number of amides is 3. The number of anilines is 1. The van der Waals surface area contributed by atoms with Crippen molar-refractivity contribution in [1.29, 1.82) is 0 Å². The Labute approximate surface area is 293 Å². The number of β-lactam (4-membered cyclic amide) rings is 1. The average molecular weight is 731 g/mol. The van der Waals surface area contributed by atoms with Crippen molar-refractivity contribution in [2.24, 2.45) is 5.16 Å². The number of carbonyl (C=O) groups excluding carboxylic acids is 4. The molecule has 0 unspecified atom stereocenters. The van der Waals surface area contributed by atoms with Crippen molar-refractivity contribution in [3.05, 3.63) is 11.1 Å². The van der Waals surface area contributed by atoms with Gasteiger partial charge in [0, 0.05) is 33.2 Å². The van der Waals surface area contributed by atoms with E-state index in [9.17, 15) is 24.3 Å². The molecule has 2 rings (SSSR count). The molecule has 1 aromatic heterocycles. The zero-order valence-electron chi connectivity index (χ0n) is 30.5. The van der Waals surface area contributed by atoms with Gasteiger partial charge in [-0.3, -0.25) is 14.9 Å². The maximum atomic E-state index is 13.6. The zero-order valence-corrected chi connectivity index (χ0v) is 32.3. The lowest BCUT2D eigenvalue weighted by molar-refractivity contribution is -0.179. The molecule has 1 fully saturated rings. The summed E-state index contributed by atoms with van der Waals surface area (Å²) in [6.45, 7) is 21.0. The third kappa shape index (κ3) is 15.9. The maximum absolute atomic E-state index is 13.6. The molecule has 2 heterocycles. The third-order valence-electron chi connectivity index (χ3n) is 6.34. The predicted octanol–water partition coefficient (Wildman–Crippen LogP) is 2.59. The van der Waals surface area contributed by atoms with Crippen molar-refractivity contribution >= 4 is 54.1 Å². The minimum absolute atomic E-state index is 0.00976. The highest BCUT2D eigenvalue weighted by Crippen LogP contribution is 2.21. The summed E-state index contributed by atoms with van der Waals surface area (Å²) in [4.78, 5) is 60.8. The van der Waals surface area contributed by atoms with E-state index in [1.54, 1.807) is 41.5 Å². The lowest BCUT2D eigenvalue weighted by atomic mass is 9.98. The van der Waals surface area contributed by atoms with Gasteiger partial charge in [0.05, 0.1) is 18.8 Å². The Balaban J connectivity index is 2.06. The second-order valence-electron chi connectivity index (χ2n) is 15.3. The molecule has 0 aromatic carbocycles. The van der Waals surface area contributed by atoms with Crippen LogP contribution in [0.15, 0.2) is 10.5 Å². The molecule has 0 saturated carbocycles. The number of rotatable bonds is 18. The normalized spacial score (nSPS) is 17.8. The first kappa shape index (κ1) is 42.0. The first-order valence-electron chi connectivity index (χ1n) is 16.1. The van der Waals surface area contributed by atoms with Crippen molar-refractivity contribution in [3.63, 3.8) is 0 Å². The van der Waals surface area contributed by atoms with E-state index in [2.05, 4.69) is 51.0 Å². The summed E-state index contributed by atoms with van der Waals surface area (Å²) in [6, 6.07) is -0.434. The topological polar surface area (TPSA) is 208 Å². The summed E-state index contributed by atoms with van der Waals surface area (Å²) in [5, 5.41) is 26.7. The van der Waals surface area contributed by atoms with Gasteiger partial charge < -0.3 is 44.8 Å². The standard InChI is InChI=1S/C31H54N6O10SSi/c1-29(2,3)45-26(41)31(7,8)47-37-23(21-17-48-27(34-21)36-28(42)46-30(4,5)6)25(40)35-22-20(33-24(22)39)15-32-14-19(38)16-44-18-43-12-13-49(9,10)11/h17,19-20,22,32,38H,12-16,18H2,1-11H3,(H,33,39)(H,35,40)(H,34,36,42)/b37-23+/t19-,20+,22-/m0/s1. The van der Waals surface area contributed by atoms with E-state index in [4.69, 9.17) is 23.8 Å². The van der Waals surface area contributed by atoms with Crippen molar-refractivity contribution in [2.75, 3.05) is 38.4 Å². The van der Waals surface area contributed by atoms with Crippen LogP contribution in [0.1, 0.15) is 61.1 Å². The Morgan fingerprint density at radius 2 is 1.71 bits per heavy atom. The molecule has 3 amide bonds. The Bertz CT molecular complexity index is 1320. The molecule has 1 saturated heterocycles. The second-order valence-corrected chi connectivity index (χ2v) is 21.8. The highest BCUT2D eigenvalue weighted by atomic mass is 32.1. The highest BCUT2D eigenvalue weighted by molar-refractivity contribution is 7.14. The third-order valence-corrected chi connectivity index (χ3v) is 8.80. The zero-order chi connectivity index (χ0) is 37.2. The number of esters is 1. The van der Waals surface area contributed by atoms with E-state index in [-0.39, 0.29) is 43.0 Å². The molecule has 1 aliphatic heterocycles. The molecule has 16 nitrogen and oxygen atoms in total. The van der Waals surface area contributed by atoms with Crippen LogP contribution < -0.4 is 21.3 Å². The van der Waals surface area contributed by atoms with Crippen LogP contribution in [0.25, 0.3) is 0 Å². The summed E-state index contributed by atoms with van der Waals surface area (Å²) in [5.41, 5.74) is -3.49. The molecule has 1 aromatic rings. The number of thiazole rings is 1. The van der Waals surface area contributed by atoms with Gasteiger partial charge in [-0.2, -0.15) is 0 Å². The monoisotopic (exact) mass is 730 g/mol. The van der Waals surface area contributed by atoms with Gasteiger partial charge in [0.25, 0.3) is 5.91 Å². The molecule has 0 radical (unpaired) electrons. The number of nitrogens with one attached hydrogen (secondary N) is 4. The van der Waals surface area contributed by atoms with E-state index >= 15 is 0 Å². The summed E-state index contributed by atoms with van der Waals surface area (Å²) >= 11 is 1.00. The summed E-state index contributed by atoms with van der Waals surface area (Å²) < 4.78 is 21.5. The first-order chi connectivity index (χ1) is 22.5. The van der Waals surface area contributed by atoms with Crippen molar-refractivity contribution in [2.45, 2.75) is 116 Å². The van der Waals surface area contributed by atoms with Gasteiger partial charge >= 0.3 is 12.1 Å². The fraction of sp³-hybridized carbons (Fsp3) is 0.742. The molecule has 49 heavy (non-hydrogen) atoms. The molecule has 18 heteroatoms. The number of aliphatic hydroxyl groups excluding tert-OH is 1. The molecular weight excluding hydrogens is 677 g/mol. The SMILES string of the molecule is CC(C)(C)OC(=O)Nc1nc(/C(=N\OC(C)(C)C(=O)OC(C)(C)C)C(=O)N[C@@H]2C(=O)N[C@@H]2CNC[C@H](O)COCOCC[Si](C)(C)C)cs1. The van der Waals surface area contributed by atoms with Crippen LogP contribution in [0.3, 0.4) is 0 Å². The van der Waals surface area contributed by atoms with Gasteiger partial charge in [-0.25, -0.2) is 14.6 Å². The fourth-order valence-electron chi connectivity index (χ4n) is 3.77. The minimum atomic E-state index is -1.60.